The van der Waals surface area contributed by atoms with Crippen LogP contribution in [-0.2, 0) is 23.9 Å². The van der Waals surface area contributed by atoms with E-state index in [4.69, 9.17) is 9.47 Å². The molecule has 35 heavy (non-hydrogen) atoms. The number of nitro groups is 1. The van der Waals surface area contributed by atoms with E-state index in [1.807, 2.05) is 0 Å². The SMILES string of the molecule is CCOC(=O)C1CCCCN1NC(=O)C1=C(C)NC(C)=C(C(=O)OC)C1c1cccc([N+](=O)[O-])c1. The smallest absolute Gasteiger partial charge is 0.336 e. The van der Waals surface area contributed by atoms with Gasteiger partial charge in [0.2, 0.25) is 0 Å². The number of hydrogen-bond donors (Lipinski definition) is 2. The molecule has 0 aromatic heterocycles. The van der Waals surface area contributed by atoms with Crippen molar-refractivity contribution in [3.05, 3.63) is 62.5 Å². The Balaban J connectivity index is 2.03. The highest BCUT2D eigenvalue weighted by Gasteiger charge is 2.39. The van der Waals surface area contributed by atoms with Crippen molar-refractivity contribution in [2.45, 2.75) is 52.0 Å². The van der Waals surface area contributed by atoms with Gasteiger partial charge in [-0.1, -0.05) is 12.1 Å². The van der Waals surface area contributed by atoms with E-state index < -0.39 is 34.7 Å². The van der Waals surface area contributed by atoms with Gasteiger partial charge in [-0.05, 0) is 45.6 Å². The third kappa shape index (κ3) is 5.51. The number of hydrazine groups is 1. The fraction of sp³-hybridized carbons (Fsp3) is 0.458. The normalized spacial score (nSPS) is 20.7. The van der Waals surface area contributed by atoms with E-state index in [0.717, 1.165) is 12.8 Å². The van der Waals surface area contributed by atoms with Crippen molar-refractivity contribution < 1.29 is 28.8 Å². The molecule has 2 aliphatic heterocycles. The zero-order valence-electron chi connectivity index (χ0n) is 20.3. The zero-order chi connectivity index (χ0) is 25.7. The Hall–Kier alpha value is -3.73. The summed E-state index contributed by atoms with van der Waals surface area (Å²) < 4.78 is 10.2. The Morgan fingerprint density at radius 2 is 1.91 bits per heavy atom. The molecule has 11 heteroatoms. The summed E-state index contributed by atoms with van der Waals surface area (Å²) in [6, 6.07) is 5.19. The molecule has 1 fully saturated rings. The molecule has 2 N–H and O–H groups in total. The Morgan fingerprint density at radius 1 is 1.20 bits per heavy atom. The summed E-state index contributed by atoms with van der Waals surface area (Å²) in [5.74, 6) is -2.53. The average molecular weight is 487 g/mol. The lowest BCUT2D eigenvalue weighted by molar-refractivity contribution is -0.384. The van der Waals surface area contributed by atoms with Crippen LogP contribution in [0.25, 0.3) is 0 Å². The molecular formula is C24H30N4O7. The number of ether oxygens (including phenoxy) is 2. The fourth-order valence-corrected chi connectivity index (χ4v) is 4.57. The maximum atomic E-state index is 13.7. The number of nitro benzene ring substituents is 1. The molecule has 2 atom stereocenters. The maximum absolute atomic E-state index is 13.7. The largest absolute Gasteiger partial charge is 0.466 e. The predicted molar refractivity (Wildman–Crippen MR) is 126 cm³/mol. The number of piperidine rings is 1. The number of rotatable bonds is 7. The Labute approximate surface area is 203 Å². The van der Waals surface area contributed by atoms with Gasteiger partial charge >= 0.3 is 11.9 Å². The molecule has 0 aliphatic carbocycles. The van der Waals surface area contributed by atoms with Crippen LogP contribution in [0.1, 0.15) is 51.5 Å². The number of allylic oxidation sites excluding steroid dienone is 2. The first-order valence-corrected chi connectivity index (χ1v) is 11.4. The summed E-state index contributed by atoms with van der Waals surface area (Å²) in [5, 5.41) is 16.0. The number of methoxy groups -OCH3 is 1. The lowest BCUT2D eigenvalue weighted by Gasteiger charge is -2.36. The van der Waals surface area contributed by atoms with E-state index in [2.05, 4.69) is 10.7 Å². The summed E-state index contributed by atoms with van der Waals surface area (Å²) >= 11 is 0. The molecule has 0 bridgehead atoms. The van der Waals surface area contributed by atoms with Gasteiger partial charge < -0.3 is 14.8 Å². The molecule has 188 valence electrons. The first-order chi connectivity index (χ1) is 16.7. The standard InChI is InChI=1S/C24H30N4O7/c1-5-35-23(30)18-11-6-7-12-27(18)26-22(29)19-14(2)25-15(3)20(24(31)34-4)21(19)16-9-8-10-17(13-16)28(32)33/h8-10,13,18,21,25H,5-7,11-12H2,1-4H3,(H,26,29). The van der Waals surface area contributed by atoms with Gasteiger partial charge in [0.1, 0.15) is 6.04 Å². The van der Waals surface area contributed by atoms with Crippen LogP contribution in [0.2, 0.25) is 0 Å². The molecule has 3 rings (SSSR count). The molecule has 0 saturated carbocycles. The molecule has 2 unspecified atom stereocenters. The third-order valence-corrected chi connectivity index (χ3v) is 6.13. The highest BCUT2D eigenvalue weighted by molar-refractivity contribution is 6.02. The quantitative estimate of drug-likeness (QED) is 0.338. The Bertz CT molecular complexity index is 1100. The van der Waals surface area contributed by atoms with Crippen LogP contribution in [0.4, 0.5) is 5.69 Å². The zero-order valence-corrected chi connectivity index (χ0v) is 20.3. The molecule has 2 heterocycles. The summed E-state index contributed by atoms with van der Waals surface area (Å²) in [6.07, 6.45) is 2.15. The van der Waals surface area contributed by atoms with Crippen LogP contribution in [0.3, 0.4) is 0 Å². The lowest BCUT2D eigenvalue weighted by Crippen LogP contribution is -2.55. The van der Waals surface area contributed by atoms with Gasteiger partial charge in [-0.2, -0.15) is 0 Å². The van der Waals surface area contributed by atoms with Crippen molar-refractivity contribution in [3.63, 3.8) is 0 Å². The number of carbonyl (C=O) groups is 3. The number of nitrogens with one attached hydrogen (secondary N) is 2. The van der Waals surface area contributed by atoms with Crippen molar-refractivity contribution in [1.82, 2.24) is 15.8 Å². The van der Waals surface area contributed by atoms with Gasteiger partial charge in [-0.3, -0.25) is 25.1 Å². The Kier molecular flexibility index (Phi) is 8.23. The van der Waals surface area contributed by atoms with E-state index in [0.29, 0.717) is 29.9 Å². The molecule has 1 amide bonds. The van der Waals surface area contributed by atoms with Crippen molar-refractivity contribution in [3.8, 4) is 0 Å². The van der Waals surface area contributed by atoms with Crippen molar-refractivity contribution in [1.29, 1.82) is 0 Å². The molecule has 2 aliphatic rings. The minimum Gasteiger partial charge on any atom is -0.466 e. The second-order valence-corrected chi connectivity index (χ2v) is 8.38. The van der Waals surface area contributed by atoms with Crippen LogP contribution < -0.4 is 10.7 Å². The van der Waals surface area contributed by atoms with Gasteiger partial charge in [0.05, 0.1) is 30.1 Å². The number of carbonyl (C=O) groups excluding carboxylic acids is 3. The van der Waals surface area contributed by atoms with Crippen LogP contribution in [0.15, 0.2) is 46.8 Å². The predicted octanol–water partition coefficient (Wildman–Crippen LogP) is 2.45. The number of benzene rings is 1. The average Bonchev–Trinajstić information content (AvgIpc) is 2.83. The van der Waals surface area contributed by atoms with Crippen molar-refractivity contribution >= 4 is 23.5 Å². The van der Waals surface area contributed by atoms with Crippen LogP contribution in [0, 0.1) is 10.1 Å². The van der Waals surface area contributed by atoms with Gasteiger partial charge in [-0.15, -0.1) is 0 Å². The summed E-state index contributed by atoms with van der Waals surface area (Å²) in [7, 11) is 1.23. The topological polar surface area (TPSA) is 140 Å². The van der Waals surface area contributed by atoms with Crippen LogP contribution in [0.5, 0.6) is 0 Å². The minimum atomic E-state index is -0.922. The highest BCUT2D eigenvalue weighted by atomic mass is 16.6. The summed E-state index contributed by atoms with van der Waals surface area (Å²) in [6.45, 7) is 5.77. The molecule has 0 radical (unpaired) electrons. The fourth-order valence-electron chi connectivity index (χ4n) is 4.57. The van der Waals surface area contributed by atoms with Crippen LogP contribution >= 0.6 is 0 Å². The van der Waals surface area contributed by atoms with Crippen molar-refractivity contribution in [2.24, 2.45) is 0 Å². The van der Waals surface area contributed by atoms with Crippen LogP contribution in [-0.4, -0.2) is 54.1 Å². The number of hydrogen-bond acceptors (Lipinski definition) is 9. The molecule has 0 spiro atoms. The molecule has 1 aromatic rings. The maximum Gasteiger partial charge on any atom is 0.336 e. The second kappa shape index (κ2) is 11.1. The first kappa shape index (κ1) is 25.9. The monoisotopic (exact) mass is 486 g/mol. The lowest BCUT2D eigenvalue weighted by atomic mass is 9.80. The number of esters is 2. The van der Waals surface area contributed by atoms with E-state index in [1.165, 1.54) is 25.3 Å². The number of amides is 1. The van der Waals surface area contributed by atoms with Gasteiger partial charge in [0.25, 0.3) is 11.6 Å². The van der Waals surface area contributed by atoms with E-state index >= 15 is 0 Å². The third-order valence-electron chi connectivity index (χ3n) is 6.13. The number of nitrogens with zero attached hydrogens (tertiary/aromatic N) is 2. The van der Waals surface area contributed by atoms with Gasteiger partial charge in [0.15, 0.2) is 0 Å². The van der Waals surface area contributed by atoms with Gasteiger partial charge in [0, 0.05) is 35.6 Å². The second-order valence-electron chi connectivity index (χ2n) is 8.38. The molecular weight excluding hydrogens is 456 g/mol. The summed E-state index contributed by atoms with van der Waals surface area (Å²) in [4.78, 5) is 49.8. The summed E-state index contributed by atoms with van der Waals surface area (Å²) in [5.41, 5.74) is 4.38. The van der Waals surface area contributed by atoms with E-state index in [1.54, 1.807) is 31.8 Å². The molecule has 11 nitrogen and oxygen atoms in total. The highest BCUT2D eigenvalue weighted by Crippen LogP contribution is 2.39. The van der Waals surface area contributed by atoms with Gasteiger partial charge in [-0.25, -0.2) is 9.80 Å². The number of non-ortho nitro benzene ring substituents is 1. The van der Waals surface area contributed by atoms with E-state index in [9.17, 15) is 24.5 Å². The van der Waals surface area contributed by atoms with E-state index in [-0.39, 0.29) is 23.4 Å². The molecule has 1 saturated heterocycles. The van der Waals surface area contributed by atoms with Crippen molar-refractivity contribution in [2.75, 3.05) is 20.3 Å². The molecule has 1 aromatic carbocycles. The minimum absolute atomic E-state index is 0.168. The first-order valence-electron chi connectivity index (χ1n) is 11.4. The Morgan fingerprint density at radius 3 is 2.57 bits per heavy atom. The number of dihydropyridines is 1.